The van der Waals surface area contributed by atoms with E-state index in [1.807, 2.05) is 38.4 Å². The summed E-state index contributed by atoms with van der Waals surface area (Å²) in [4.78, 5) is 8.74. The highest BCUT2D eigenvalue weighted by molar-refractivity contribution is 5.25. The first-order valence-electron chi connectivity index (χ1n) is 4.92. The summed E-state index contributed by atoms with van der Waals surface area (Å²) in [6.45, 7) is 7.89. The smallest absolute Gasteiger partial charge is 0.172 e. The highest BCUT2D eigenvalue weighted by Crippen LogP contribution is 2.10. The Hall–Kier alpha value is -1.71. The average molecular weight is 202 g/mol. The number of aryl methyl sites for hydroxylation is 4. The van der Waals surface area contributed by atoms with Gasteiger partial charge in [-0.25, -0.2) is 9.67 Å². The molecule has 78 valence electrons. The predicted octanol–water partition coefficient (Wildman–Crippen LogP) is 1.90. The molecule has 0 spiro atoms. The lowest BCUT2D eigenvalue weighted by atomic mass is 10.3. The van der Waals surface area contributed by atoms with Crippen LogP contribution >= 0.6 is 0 Å². The second kappa shape index (κ2) is 3.46. The molecule has 0 N–H and O–H groups in total. The van der Waals surface area contributed by atoms with E-state index in [9.17, 15) is 0 Å². The summed E-state index contributed by atoms with van der Waals surface area (Å²) >= 11 is 0. The Morgan fingerprint density at radius 2 is 1.80 bits per heavy atom. The highest BCUT2D eigenvalue weighted by atomic mass is 15.3. The Morgan fingerprint density at radius 3 is 2.33 bits per heavy atom. The number of aromatic nitrogens is 4. The fraction of sp³-hybridized carbons (Fsp3) is 0.364. The average Bonchev–Trinajstić information content (AvgIpc) is 2.50. The van der Waals surface area contributed by atoms with Crippen molar-refractivity contribution in [3.8, 4) is 5.82 Å². The standard InChI is InChI=1S/C11H14N4/c1-7-5-8(2)15(14-7)11-6-12-9(3)10(4)13-11/h5-6H,1-4H3. The molecule has 2 heterocycles. The summed E-state index contributed by atoms with van der Waals surface area (Å²) < 4.78 is 1.81. The summed E-state index contributed by atoms with van der Waals surface area (Å²) in [5.74, 6) is 0.781. The van der Waals surface area contributed by atoms with Gasteiger partial charge in [0.05, 0.1) is 23.3 Å². The van der Waals surface area contributed by atoms with Gasteiger partial charge >= 0.3 is 0 Å². The molecule has 0 aliphatic heterocycles. The van der Waals surface area contributed by atoms with Crippen LogP contribution in [0.15, 0.2) is 12.3 Å². The van der Waals surface area contributed by atoms with E-state index in [2.05, 4.69) is 15.1 Å². The van der Waals surface area contributed by atoms with Crippen LogP contribution in [0.2, 0.25) is 0 Å². The Bertz CT molecular complexity index is 499. The van der Waals surface area contributed by atoms with Crippen LogP contribution in [0.5, 0.6) is 0 Å². The molecule has 15 heavy (non-hydrogen) atoms. The van der Waals surface area contributed by atoms with E-state index in [4.69, 9.17) is 0 Å². The maximum atomic E-state index is 4.46. The van der Waals surface area contributed by atoms with E-state index in [0.717, 1.165) is 28.6 Å². The van der Waals surface area contributed by atoms with Gasteiger partial charge < -0.3 is 0 Å². The highest BCUT2D eigenvalue weighted by Gasteiger charge is 2.06. The Balaban J connectivity index is 2.54. The van der Waals surface area contributed by atoms with Crippen molar-refractivity contribution in [1.29, 1.82) is 0 Å². The third-order valence-corrected chi connectivity index (χ3v) is 2.41. The van der Waals surface area contributed by atoms with Gasteiger partial charge in [0, 0.05) is 5.69 Å². The fourth-order valence-electron chi connectivity index (χ4n) is 1.49. The van der Waals surface area contributed by atoms with Crippen LogP contribution in [0.1, 0.15) is 22.8 Å². The van der Waals surface area contributed by atoms with Gasteiger partial charge in [-0.15, -0.1) is 0 Å². The molecule has 0 radical (unpaired) electrons. The van der Waals surface area contributed by atoms with Crippen molar-refractivity contribution in [3.63, 3.8) is 0 Å². The third kappa shape index (κ3) is 1.75. The van der Waals surface area contributed by atoms with Gasteiger partial charge in [0.2, 0.25) is 0 Å². The predicted molar refractivity (Wildman–Crippen MR) is 58.1 cm³/mol. The van der Waals surface area contributed by atoms with Crippen molar-refractivity contribution in [2.24, 2.45) is 0 Å². The van der Waals surface area contributed by atoms with Gasteiger partial charge in [-0.2, -0.15) is 5.10 Å². The van der Waals surface area contributed by atoms with Crippen molar-refractivity contribution in [1.82, 2.24) is 19.7 Å². The van der Waals surface area contributed by atoms with Gasteiger partial charge in [-0.05, 0) is 33.8 Å². The molecule has 0 bridgehead atoms. The van der Waals surface area contributed by atoms with Crippen LogP contribution in [0.25, 0.3) is 5.82 Å². The maximum Gasteiger partial charge on any atom is 0.172 e. The summed E-state index contributed by atoms with van der Waals surface area (Å²) in [7, 11) is 0. The quantitative estimate of drug-likeness (QED) is 0.709. The Kier molecular flexibility index (Phi) is 2.26. The third-order valence-electron chi connectivity index (χ3n) is 2.41. The molecular formula is C11H14N4. The second-order valence-electron chi connectivity index (χ2n) is 3.74. The second-order valence-corrected chi connectivity index (χ2v) is 3.74. The van der Waals surface area contributed by atoms with Crippen molar-refractivity contribution in [2.45, 2.75) is 27.7 Å². The molecule has 0 saturated carbocycles. The Labute approximate surface area is 89.0 Å². The molecule has 0 unspecified atom stereocenters. The van der Waals surface area contributed by atoms with Gasteiger partial charge in [-0.3, -0.25) is 4.98 Å². The lowest BCUT2D eigenvalue weighted by Crippen LogP contribution is -2.05. The molecule has 0 saturated heterocycles. The molecular weight excluding hydrogens is 188 g/mol. The molecule has 4 heteroatoms. The van der Waals surface area contributed by atoms with Crippen molar-refractivity contribution in [2.75, 3.05) is 0 Å². The van der Waals surface area contributed by atoms with E-state index >= 15 is 0 Å². The summed E-state index contributed by atoms with van der Waals surface area (Å²) in [6, 6.07) is 2.02. The number of hydrogen-bond acceptors (Lipinski definition) is 3. The topological polar surface area (TPSA) is 43.6 Å². The van der Waals surface area contributed by atoms with E-state index in [0.29, 0.717) is 0 Å². The molecule has 0 aliphatic carbocycles. The normalized spacial score (nSPS) is 10.7. The molecule has 2 rings (SSSR count). The first kappa shape index (κ1) is 9.83. The van der Waals surface area contributed by atoms with Crippen LogP contribution in [-0.4, -0.2) is 19.7 Å². The number of hydrogen-bond donors (Lipinski definition) is 0. The molecule has 2 aromatic heterocycles. The first-order chi connectivity index (χ1) is 7.08. The zero-order valence-electron chi connectivity index (χ0n) is 9.44. The molecule has 4 nitrogen and oxygen atoms in total. The van der Waals surface area contributed by atoms with Crippen LogP contribution in [-0.2, 0) is 0 Å². The summed E-state index contributed by atoms with van der Waals surface area (Å²) in [5.41, 5.74) is 3.97. The first-order valence-corrected chi connectivity index (χ1v) is 4.92. The molecule has 0 atom stereocenters. The number of rotatable bonds is 1. The van der Waals surface area contributed by atoms with Gasteiger partial charge in [-0.1, -0.05) is 0 Å². The minimum Gasteiger partial charge on any atom is -0.256 e. The maximum absolute atomic E-state index is 4.46. The minimum atomic E-state index is 0.781. The van der Waals surface area contributed by atoms with Crippen LogP contribution in [0.4, 0.5) is 0 Å². The molecule has 2 aromatic rings. The lowest BCUT2D eigenvalue weighted by molar-refractivity contribution is 0.789. The summed E-state index contributed by atoms with van der Waals surface area (Å²) in [5, 5.41) is 4.37. The van der Waals surface area contributed by atoms with Gasteiger partial charge in [0.1, 0.15) is 0 Å². The van der Waals surface area contributed by atoms with Crippen molar-refractivity contribution < 1.29 is 0 Å². The number of nitrogens with zero attached hydrogens (tertiary/aromatic N) is 4. The summed E-state index contributed by atoms with van der Waals surface area (Å²) in [6.07, 6.45) is 1.75. The van der Waals surface area contributed by atoms with Gasteiger partial charge in [0.15, 0.2) is 5.82 Å². The SMILES string of the molecule is Cc1cc(C)n(-c2cnc(C)c(C)n2)n1. The zero-order valence-corrected chi connectivity index (χ0v) is 9.44. The lowest BCUT2D eigenvalue weighted by Gasteiger charge is -2.04. The Morgan fingerprint density at radius 1 is 1.07 bits per heavy atom. The monoisotopic (exact) mass is 202 g/mol. The van der Waals surface area contributed by atoms with Crippen LogP contribution in [0.3, 0.4) is 0 Å². The van der Waals surface area contributed by atoms with Crippen LogP contribution in [0, 0.1) is 27.7 Å². The molecule has 0 amide bonds. The van der Waals surface area contributed by atoms with E-state index < -0.39 is 0 Å². The van der Waals surface area contributed by atoms with Crippen molar-refractivity contribution in [3.05, 3.63) is 35.0 Å². The van der Waals surface area contributed by atoms with Crippen molar-refractivity contribution >= 4 is 0 Å². The largest absolute Gasteiger partial charge is 0.256 e. The van der Waals surface area contributed by atoms with Gasteiger partial charge in [0.25, 0.3) is 0 Å². The molecule has 0 aromatic carbocycles. The van der Waals surface area contributed by atoms with E-state index in [1.165, 1.54) is 0 Å². The fourth-order valence-corrected chi connectivity index (χ4v) is 1.49. The zero-order chi connectivity index (χ0) is 11.0. The molecule has 0 aliphatic rings. The minimum absolute atomic E-state index is 0.781. The van der Waals surface area contributed by atoms with E-state index in [1.54, 1.807) is 6.20 Å². The van der Waals surface area contributed by atoms with Crippen LogP contribution < -0.4 is 0 Å². The van der Waals surface area contributed by atoms with E-state index in [-0.39, 0.29) is 0 Å². The molecule has 0 fully saturated rings.